The van der Waals surface area contributed by atoms with E-state index in [4.69, 9.17) is 10.5 Å². The van der Waals surface area contributed by atoms with E-state index in [9.17, 15) is 0 Å². The lowest BCUT2D eigenvalue weighted by Gasteiger charge is -2.27. The number of ether oxygens (including phenoxy) is 1. The third kappa shape index (κ3) is 3.98. The molecule has 2 atom stereocenters. The van der Waals surface area contributed by atoms with Gasteiger partial charge in [0, 0.05) is 24.7 Å². The summed E-state index contributed by atoms with van der Waals surface area (Å²) in [5.74, 6) is 1.75. The van der Waals surface area contributed by atoms with Gasteiger partial charge in [-0.25, -0.2) is 0 Å². The van der Waals surface area contributed by atoms with E-state index < -0.39 is 0 Å². The van der Waals surface area contributed by atoms with Crippen LogP contribution in [-0.2, 0) is 6.54 Å². The lowest BCUT2D eigenvalue weighted by Crippen LogP contribution is -2.26. The summed E-state index contributed by atoms with van der Waals surface area (Å²) in [6.45, 7) is 12.4. The zero-order chi connectivity index (χ0) is 15.6. The molecule has 21 heavy (non-hydrogen) atoms. The second kappa shape index (κ2) is 6.37. The summed E-state index contributed by atoms with van der Waals surface area (Å²) in [4.78, 5) is 2.54. The van der Waals surface area contributed by atoms with Crippen molar-refractivity contribution >= 4 is 0 Å². The molecule has 2 unspecified atom stereocenters. The largest absolute Gasteiger partial charge is 0.496 e. The monoisotopic (exact) mass is 290 g/mol. The van der Waals surface area contributed by atoms with Crippen molar-refractivity contribution in [3.63, 3.8) is 0 Å². The second-order valence-electron chi connectivity index (χ2n) is 7.45. The van der Waals surface area contributed by atoms with Crippen LogP contribution >= 0.6 is 0 Å². The summed E-state index contributed by atoms with van der Waals surface area (Å²) < 4.78 is 5.52. The lowest BCUT2D eigenvalue weighted by atomic mass is 9.80. The van der Waals surface area contributed by atoms with Crippen LogP contribution in [-0.4, -0.2) is 25.1 Å². The van der Waals surface area contributed by atoms with Gasteiger partial charge in [-0.2, -0.15) is 0 Å². The summed E-state index contributed by atoms with van der Waals surface area (Å²) in [6, 6.07) is 6.38. The highest BCUT2D eigenvalue weighted by atomic mass is 16.5. The Morgan fingerprint density at radius 2 is 2.10 bits per heavy atom. The van der Waals surface area contributed by atoms with E-state index in [1.165, 1.54) is 30.6 Å². The Labute approximate surface area is 129 Å². The maximum Gasteiger partial charge on any atom is 0.123 e. The molecule has 118 valence electrons. The van der Waals surface area contributed by atoms with Gasteiger partial charge in [-0.3, -0.25) is 4.90 Å². The van der Waals surface area contributed by atoms with Crippen molar-refractivity contribution in [1.82, 2.24) is 4.90 Å². The average Bonchev–Trinajstić information content (AvgIpc) is 2.87. The highest BCUT2D eigenvalue weighted by Crippen LogP contribution is 2.35. The van der Waals surface area contributed by atoms with Gasteiger partial charge < -0.3 is 10.5 Å². The average molecular weight is 290 g/mol. The van der Waals surface area contributed by atoms with Crippen LogP contribution in [0.1, 0.15) is 51.3 Å². The van der Waals surface area contributed by atoms with Crippen molar-refractivity contribution in [3.8, 4) is 5.75 Å². The molecule has 1 aliphatic heterocycles. The van der Waals surface area contributed by atoms with Gasteiger partial charge in [-0.05, 0) is 48.9 Å². The zero-order valence-corrected chi connectivity index (χ0v) is 14.1. The van der Waals surface area contributed by atoms with Gasteiger partial charge in [0.25, 0.3) is 0 Å². The Kier molecular flexibility index (Phi) is 4.95. The molecule has 2 N–H and O–H groups in total. The summed E-state index contributed by atoms with van der Waals surface area (Å²) in [7, 11) is 1.74. The van der Waals surface area contributed by atoms with Crippen LogP contribution in [0.2, 0.25) is 0 Å². The molecule has 0 aromatic heterocycles. The number of rotatable bonds is 4. The zero-order valence-electron chi connectivity index (χ0n) is 14.1. The molecule has 1 aliphatic rings. The number of nitrogens with zero attached hydrogens (tertiary/aromatic N) is 1. The SMILES string of the molecule is COc1ccc(C(C)N)cc1CN1CCC(C(C)(C)C)C1. The van der Waals surface area contributed by atoms with Crippen molar-refractivity contribution in [2.45, 2.75) is 46.7 Å². The van der Waals surface area contributed by atoms with E-state index >= 15 is 0 Å². The normalized spacial score (nSPS) is 21.5. The maximum absolute atomic E-state index is 6.01. The lowest BCUT2D eigenvalue weighted by molar-refractivity contribution is 0.225. The Bertz CT molecular complexity index is 477. The number of nitrogens with two attached hydrogens (primary N) is 1. The van der Waals surface area contributed by atoms with Gasteiger partial charge in [0.15, 0.2) is 0 Å². The predicted molar refractivity (Wildman–Crippen MR) is 88.4 cm³/mol. The minimum atomic E-state index is 0.0653. The van der Waals surface area contributed by atoms with Crippen molar-refractivity contribution < 1.29 is 4.74 Å². The highest BCUT2D eigenvalue weighted by Gasteiger charge is 2.31. The van der Waals surface area contributed by atoms with Crippen LogP contribution in [0.4, 0.5) is 0 Å². The topological polar surface area (TPSA) is 38.5 Å². The van der Waals surface area contributed by atoms with Gasteiger partial charge in [-0.15, -0.1) is 0 Å². The molecule has 1 heterocycles. The van der Waals surface area contributed by atoms with Gasteiger partial charge in [0.05, 0.1) is 7.11 Å². The molecule has 1 aromatic carbocycles. The number of likely N-dealkylation sites (tertiary alicyclic amines) is 1. The first-order valence-corrected chi connectivity index (χ1v) is 7.96. The van der Waals surface area contributed by atoms with Crippen molar-refractivity contribution in [2.24, 2.45) is 17.1 Å². The maximum atomic E-state index is 6.01. The molecule has 0 aliphatic carbocycles. The molecule has 1 aromatic rings. The standard InChI is InChI=1S/C18H30N2O/c1-13(19)14-6-7-17(21-5)15(10-14)11-20-9-8-16(12-20)18(2,3)4/h6-7,10,13,16H,8-9,11-12,19H2,1-5H3. The van der Waals surface area contributed by atoms with Crippen LogP contribution in [0, 0.1) is 11.3 Å². The van der Waals surface area contributed by atoms with Crippen LogP contribution in [0.3, 0.4) is 0 Å². The molecular formula is C18H30N2O. The first-order chi connectivity index (χ1) is 9.81. The highest BCUT2D eigenvalue weighted by molar-refractivity contribution is 5.38. The summed E-state index contributed by atoms with van der Waals surface area (Å²) >= 11 is 0. The molecule has 2 rings (SSSR count). The second-order valence-corrected chi connectivity index (χ2v) is 7.45. The third-order valence-electron chi connectivity index (χ3n) is 4.72. The first-order valence-electron chi connectivity index (χ1n) is 7.96. The van der Waals surface area contributed by atoms with E-state index in [0.717, 1.165) is 18.2 Å². The fraction of sp³-hybridized carbons (Fsp3) is 0.667. The van der Waals surface area contributed by atoms with Gasteiger partial charge in [0.2, 0.25) is 0 Å². The van der Waals surface area contributed by atoms with E-state index in [1.54, 1.807) is 7.11 Å². The van der Waals surface area contributed by atoms with Crippen LogP contribution in [0.25, 0.3) is 0 Å². The van der Waals surface area contributed by atoms with Crippen LogP contribution < -0.4 is 10.5 Å². The first kappa shape index (κ1) is 16.3. The molecule has 0 radical (unpaired) electrons. The van der Waals surface area contributed by atoms with Crippen LogP contribution in [0.5, 0.6) is 5.75 Å². The Balaban J connectivity index is 2.11. The smallest absolute Gasteiger partial charge is 0.123 e. The van der Waals surface area contributed by atoms with Crippen molar-refractivity contribution in [3.05, 3.63) is 29.3 Å². The van der Waals surface area contributed by atoms with E-state index in [-0.39, 0.29) is 6.04 Å². The van der Waals surface area contributed by atoms with E-state index in [2.05, 4.69) is 37.8 Å². The molecule has 1 saturated heterocycles. The molecule has 0 saturated carbocycles. The predicted octanol–water partition coefficient (Wildman–Crippen LogP) is 3.58. The fourth-order valence-electron chi connectivity index (χ4n) is 3.13. The van der Waals surface area contributed by atoms with Crippen molar-refractivity contribution in [2.75, 3.05) is 20.2 Å². The number of benzene rings is 1. The van der Waals surface area contributed by atoms with Crippen LogP contribution in [0.15, 0.2) is 18.2 Å². The molecule has 3 heteroatoms. The molecule has 1 fully saturated rings. The summed E-state index contributed by atoms with van der Waals surface area (Å²) in [5, 5.41) is 0. The Hall–Kier alpha value is -1.06. The number of hydrogen-bond acceptors (Lipinski definition) is 3. The molecule has 0 amide bonds. The Morgan fingerprint density at radius 1 is 1.38 bits per heavy atom. The quantitative estimate of drug-likeness (QED) is 0.921. The third-order valence-corrected chi connectivity index (χ3v) is 4.72. The van der Waals surface area contributed by atoms with Gasteiger partial charge >= 0.3 is 0 Å². The van der Waals surface area contributed by atoms with Gasteiger partial charge in [-0.1, -0.05) is 26.8 Å². The van der Waals surface area contributed by atoms with E-state index in [1.807, 2.05) is 13.0 Å². The summed E-state index contributed by atoms with van der Waals surface area (Å²) in [5.41, 5.74) is 8.83. The van der Waals surface area contributed by atoms with Gasteiger partial charge in [0.1, 0.15) is 5.75 Å². The molecule has 3 nitrogen and oxygen atoms in total. The fourth-order valence-corrected chi connectivity index (χ4v) is 3.13. The minimum absolute atomic E-state index is 0.0653. The van der Waals surface area contributed by atoms with E-state index in [0.29, 0.717) is 5.41 Å². The summed E-state index contributed by atoms with van der Waals surface area (Å²) in [6.07, 6.45) is 1.29. The van der Waals surface area contributed by atoms with Crippen molar-refractivity contribution in [1.29, 1.82) is 0 Å². The Morgan fingerprint density at radius 3 is 2.62 bits per heavy atom. The minimum Gasteiger partial charge on any atom is -0.496 e. The number of hydrogen-bond donors (Lipinski definition) is 1. The number of methoxy groups -OCH3 is 1. The molecule has 0 spiro atoms. The molecular weight excluding hydrogens is 260 g/mol. The molecule has 0 bridgehead atoms.